The van der Waals surface area contributed by atoms with Crippen LogP contribution in [0.3, 0.4) is 0 Å². The molecule has 9 heteroatoms. The first-order valence-corrected chi connectivity index (χ1v) is 10.7. The molecule has 0 aliphatic heterocycles. The maximum absolute atomic E-state index is 14.5. The van der Waals surface area contributed by atoms with Gasteiger partial charge in [0.15, 0.2) is 11.6 Å². The molecule has 0 radical (unpaired) electrons. The van der Waals surface area contributed by atoms with Crippen LogP contribution in [0.15, 0.2) is 48.7 Å². The number of hydrogen-bond donors (Lipinski definition) is 1. The summed E-state index contributed by atoms with van der Waals surface area (Å²) in [6.45, 7) is -2.80. The molecule has 1 aliphatic rings. The second kappa shape index (κ2) is 9.37. The van der Waals surface area contributed by atoms with Crippen LogP contribution < -0.4 is 15.4 Å². The van der Waals surface area contributed by atoms with Crippen molar-refractivity contribution in [1.29, 1.82) is 0 Å². The van der Waals surface area contributed by atoms with Crippen molar-refractivity contribution in [3.05, 3.63) is 75.7 Å². The number of benzene rings is 2. The second-order valence-corrected chi connectivity index (χ2v) is 8.41. The number of amides is 2. The van der Waals surface area contributed by atoms with E-state index in [-0.39, 0.29) is 39.7 Å². The van der Waals surface area contributed by atoms with Crippen LogP contribution in [0.1, 0.15) is 37.7 Å². The Hall–Kier alpha value is -3.16. The number of primary amides is 1. The van der Waals surface area contributed by atoms with E-state index in [4.69, 9.17) is 37.8 Å². The Balaban J connectivity index is 1.85. The summed E-state index contributed by atoms with van der Waals surface area (Å²) < 4.78 is 44.5. The number of nitrogens with two attached hydrogens (primary N) is 1. The molecule has 1 saturated carbocycles. The number of halogens is 3. The summed E-state index contributed by atoms with van der Waals surface area (Å²) in [6.07, 6.45) is 3.17. The number of pyridine rings is 1. The molecule has 3 aromatic rings. The molecule has 0 bridgehead atoms. The average Bonchev–Trinajstić information content (AvgIpc) is 3.62. The van der Waals surface area contributed by atoms with Crippen LogP contribution in [0.2, 0.25) is 10.0 Å². The van der Waals surface area contributed by atoms with E-state index >= 15 is 0 Å². The maximum atomic E-state index is 14.5. The van der Waals surface area contributed by atoms with Gasteiger partial charge in [0.1, 0.15) is 5.82 Å². The number of hydrogen-bond acceptors (Lipinski definition) is 4. The number of nitrogens with zero attached hydrogens (tertiary/aromatic N) is 2. The monoisotopic (exact) mass is 490 g/mol. The quantitative estimate of drug-likeness (QED) is 0.482. The first kappa shape index (κ1) is 19.3. The lowest BCUT2D eigenvalue weighted by Gasteiger charge is -2.21. The Morgan fingerprint density at radius 2 is 2.03 bits per heavy atom. The summed E-state index contributed by atoms with van der Waals surface area (Å²) in [5.41, 5.74) is 5.76. The van der Waals surface area contributed by atoms with Crippen LogP contribution in [0, 0.1) is 11.7 Å². The summed E-state index contributed by atoms with van der Waals surface area (Å²) in [5.74, 6) is -2.94. The zero-order chi connectivity index (χ0) is 26.2. The third-order valence-electron chi connectivity index (χ3n) is 5.16. The Bertz CT molecular complexity index is 1330. The number of anilines is 1. The van der Waals surface area contributed by atoms with Crippen LogP contribution in [0.4, 0.5) is 10.2 Å². The minimum Gasteiger partial charge on any atom is -0.489 e. The van der Waals surface area contributed by atoms with Gasteiger partial charge in [-0.25, -0.2) is 9.37 Å². The van der Waals surface area contributed by atoms with E-state index in [9.17, 15) is 14.0 Å². The highest BCUT2D eigenvalue weighted by molar-refractivity contribution is 6.34. The molecule has 33 heavy (non-hydrogen) atoms. The van der Waals surface area contributed by atoms with Crippen molar-refractivity contribution >= 4 is 40.8 Å². The highest BCUT2D eigenvalue weighted by Crippen LogP contribution is 2.37. The summed E-state index contributed by atoms with van der Waals surface area (Å²) in [7, 11) is 0. The summed E-state index contributed by atoms with van der Waals surface area (Å²) in [4.78, 5) is 29.6. The van der Waals surface area contributed by atoms with E-state index in [2.05, 4.69) is 4.98 Å². The standard InChI is InChI=1S/C24H20Cl2FN3O3/c1-30(24(32)21-18(26)3-2-4-19(21)27)23-20(33-12-13-5-6-13)10-15(11-29-23)16-9-14(22(28)31)7-8-17(16)25/h2-4,7-11,13H,5-6,12H2,1H3,(H2,28,31)/i1D3. The molecular formula is C24H20Cl2FN3O3. The zero-order valence-electron chi connectivity index (χ0n) is 20.1. The molecule has 4 rings (SSSR count). The topological polar surface area (TPSA) is 85.5 Å². The van der Waals surface area contributed by atoms with Gasteiger partial charge in [-0.1, -0.05) is 29.3 Å². The molecule has 2 aromatic carbocycles. The van der Waals surface area contributed by atoms with Crippen LogP contribution in [0.5, 0.6) is 5.75 Å². The molecule has 1 aliphatic carbocycles. The number of carbonyl (C=O) groups is 2. The van der Waals surface area contributed by atoms with Crippen LogP contribution >= 0.6 is 23.2 Å². The third kappa shape index (κ3) is 4.94. The van der Waals surface area contributed by atoms with E-state index in [1.54, 1.807) is 0 Å². The van der Waals surface area contributed by atoms with Crippen molar-refractivity contribution in [2.24, 2.45) is 11.7 Å². The van der Waals surface area contributed by atoms with Crippen molar-refractivity contribution in [2.45, 2.75) is 12.8 Å². The molecule has 0 spiro atoms. The fraction of sp³-hybridized carbons (Fsp3) is 0.208. The number of aromatic nitrogens is 1. The number of rotatable bonds is 7. The van der Waals surface area contributed by atoms with E-state index in [0.29, 0.717) is 16.0 Å². The van der Waals surface area contributed by atoms with Crippen LogP contribution in [-0.2, 0) is 0 Å². The lowest BCUT2D eigenvalue weighted by molar-refractivity contribution is 0.0983. The molecule has 2 amide bonds. The maximum Gasteiger partial charge on any atom is 0.263 e. The predicted octanol–water partition coefficient (Wildman–Crippen LogP) is 5.36. The fourth-order valence-corrected chi connectivity index (χ4v) is 3.63. The van der Waals surface area contributed by atoms with E-state index in [1.807, 2.05) is 0 Å². The van der Waals surface area contributed by atoms with Gasteiger partial charge < -0.3 is 10.5 Å². The molecule has 6 nitrogen and oxygen atoms in total. The van der Waals surface area contributed by atoms with Gasteiger partial charge in [0, 0.05) is 39.0 Å². The summed E-state index contributed by atoms with van der Waals surface area (Å²) >= 11 is 12.4. The Labute approximate surface area is 204 Å². The highest BCUT2D eigenvalue weighted by Gasteiger charge is 2.27. The van der Waals surface area contributed by atoms with Crippen molar-refractivity contribution in [3.8, 4) is 16.9 Å². The average molecular weight is 491 g/mol. The van der Waals surface area contributed by atoms with E-state index < -0.39 is 30.2 Å². The summed E-state index contributed by atoms with van der Waals surface area (Å²) in [5, 5.41) is 0.0333. The first-order valence-electron chi connectivity index (χ1n) is 11.5. The van der Waals surface area contributed by atoms with E-state index in [1.165, 1.54) is 42.6 Å². The van der Waals surface area contributed by atoms with Gasteiger partial charge in [0.25, 0.3) is 5.91 Å². The molecule has 170 valence electrons. The van der Waals surface area contributed by atoms with Crippen molar-refractivity contribution in [1.82, 2.24) is 4.98 Å². The predicted molar refractivity (Wildman–Crippen MR) is 126 cm³/mol. The number of carbonyl (C=O) groups excluding carboxylic acids is 2. The lowest BCUT2D eigenvalue weighted by atomic mass is 10.0. The first-order chi connectivity index (χ1) is 17.0. The molecule has 1 fully saturated rings. The SMILES string of the molecule is [2H]C([2H])([2H])N(C(=O)c1c(F)cccc1Cl)c1ncc(-c2cc(C(N)=O)ccc2Cl)cc1OCC1CC1. The Kier molecular flexibility index (Phi) is 5.49. The molecular weight excluding hydrogens is 468 g/mol. The number of ether oxygens (including phenoxy) is 1. The fourth-order valence-electron chi connectivity index (χ4n) is 3.16. The van der Waals surface area contributed by atoms with Gasteiger partial charge in [-0.15, -0.1) is 0 Å². The van der Waals surface area contributed by atoms with Crippen molar-refractivity contribution in [3.63, 3.8) is 0 Å². The molecule has 0 atom stereocenters. The highest BCUT2D eigenvalue weighted by atomic mass is 35.5. The molecule has 2 N–H and O–H groups in total. The molecule has 1 heterocycles. The van der Waals surface area contributed by atoms with Crippen molar-refractivity contribution < 1.29 is 22.8 Å². The van der Waals surface area contributed by atoms with Gasteiger partial charge in [0.2, 0.25) is 5.91 Å². The van der Waals surface area contributed by atoms with Crippen LogP contribution in [0.25, 0.3) is 11.1 Å². The van der Waals surface area contributed by atoms with Gasteiger partial charge in [-0.2, -0.15) is 0 Å². The molecule has 0 unspecified atom stereocenters. The lowest BCUT2D eigenvalue weighted by Crippen LogP contribution is -2.29. The Morgan fingerprint density at radius 3 is 2.70 bits per heavy atom. The van der Waals surface area contributed by atoms with Gasteiger partial charge in [0.05, 0.1) is 17.2 Å². The zero-order valence-corrected chi connectivity index (χ0v) is 18.7. The van der Waals surface area contributed by atoms with Gasteiger partial charge >= 0.3 is 0 Å². The third-order valence-corrected chi connectivity index (χ3v) is 5.80. The minimum atomic E-state index is -3.06. The summed E-state index contributed by atoms with van der Waals surface area (Å²) in [6, 6.07) is 9.48. The largest absolute Gasteiger partial charge is 0.489 e. The Morgan fingerprint density at radius 1 is 1.24 bits per heavy atom. The van der Waals surface area contributed by atoms with Crippen LogP contribution in [-0.4, -0.2) is 30.4 Å². The molecule has 1 aromatic heterocycles. The second-order valence-electron chi connectivity index (χ2n) is 7.60. The van der Waals surface area contributed by atoms with Gasteiger partial charge in [-0.05, 0) is 55.2 Å². The normalized spacial score (nSPS) is 14.7. The van der Waals surface area contributed by atoms with Gasteiger partial charge in [-0.3, -0.25) is 14.5 Å². The van der Waals surface area contributed by atoms with E-state index in [0.717, 1.165) is 18.9 Å². The smallest absolute Gasteiger partial charge is 0.263 e. The van der Waals surface area contributed by atoms with Crippen molar-refractivity contribution in [2.75, 3.05) is 18.5 Å². The molecule has 0 saturated heterocycles. The minimum absolute atomic E-state index is 0.0307.